The van der Waals surface area contributed by atoms with Crippen LogP contribution in [-0.2, 0) is 33.3 Å². The second-order valence-corrected chi connectivity index (χ2v) is 19.9. The summed E-state index contributed by atoms with van der Waals surface area (Å²) in [6, 6.07) is 0. The van der Waals surface area contributed by atoms with Crippen LogP contribution in [0, 0.1) is 0 Å². The molecule has 0 saturated carbocycles. The van der Waals surface area contributed by atoms with E-state index in [1.165, 1.54) is 38.5 Å². The summed E-state index contributed by atoms with van der Waals surface area (Å²) >= 11 is 0. The summed E-state index contributed by atoms with van der Waals surface area (Å²) in [4.78, 5) is 37.0. The number of carboxylic acid groups (broad SMARTS) is 1. The molecule has 0 N–H and O–H groups in total. The van der Waals surface area contributed by atoms with E-state index < -0.39 is 24.3 Å². The van der Waals surface area contributed by atoms with E-state index in [2.05, 4.69) is 160 Å². The molecule has 0 aliphatic heterocycles. The standard InChI is InChI=1S/C66H105NO8/c1-6-8-10-12-14-16-17-18-19-20-21-22-23-24-25-26-27-28-29-30-31-32-33-34-35-36-37-38-39-40-41-42-43-44-45-46-47-49-51-53-55-57-64(69)75-62(61-74-66(65(70)71)72-59-58-67(3,4)5)60-73-63(68)56-54-52-50-48-15-13-11-9-7-2/h8,10,14,16,18-19,21-22,24-25,27-28,30-31,33-34,36-37,39-40,42-43,45-46,62,66H,6-7,9,11-13,15,17,20,23,26,29,32,35,38,41,44,47-61H2,1-5H3/b10-8-,16-14-,19-18-,22-21-,25-24-,28-27-,31-30-,34-33-,37-36-,40-39-,43-42-,46-45-. The first-order valence-electron chi connectivity index (χ1n) is 29.0. The minimum Gasteiger partial charge on any atom is -0.545 e. The SMILES string of the molecule is CC/C=C\C/C=C\C/C=C\C/C=C\C/C=C\C/C=C\C/C=C\C/C=C\C/C=C\C/C=C\C/C=C\C/C=C\CCCCCCC(=O)OC(COC(=O)CCCCCCCCCCC)COC(OCC[N+](C)(C)C)C(=O)[O-]. The number of carbonyl (C=O) groups is 3. The molecule has 0 fully saturated rings. The van der Waals surface area contributed by atoms with Gasteiger partial charge in [0.1, 0.15) is 13.2 Å². The second kappa shape index (κ2) is 55.4. The van der Waals surface area contributed by atoms with E-state index in [9.17, 15) is 19.5 Å². The monoisotopic (exact) mass is 1040 g/mol. The van der Waals surface area contributed by atoms with Gasteiger partial charge < -0.3 is 33.3 Å². The number of aliphatic carboxylic acids is 1. The summed E-state index contributed by atoms with van der Waals surface area (Å²) in [6.45, 7) is 4.54. The van der Waals surface area contributed by atoms with Crippen molar-refractivity contribution in [3.05, 3.63) is 146 Å². The van der Waals surface area contributed by atoms with Crippen molar-refractivity contribution in [2.24, 2.45) is 0 Å². The van der Waals surface area contributed by atoms with Crippen molar-refractivity contribution in [3.8, 4) is 0 Å². The Bertz CT molecular complexity index is 1730. The fraction of sp³-hybridized carbons (Fsp3) is 0.591. The van der Waals surface area contributed by atoms with Gasteiger partial charge >= 0.3 is 11.9 Å². The predicted octanol–water partition coefficient (Wildman–Crippen LogP) is 15.9. The molecule has 75 heavy (non-hydrogen) atoms. The molecule has 2 atom stereocenters. The molecular formula is C66H105NO8. The zero-order valence-corrected chi connectivity index (χ0v) is 47.9. The van der Waals surface area contributed by atoms with Crippen molar-refractivity contribution in [1.29, 1.82) is 0 Å². The minimum atomic E-state index is -1.63. The van der Waals surface area contributed by atoms with Crippen LogP contribution in [0.4, 0.5) is 0 Å². The Morgan fingerprint density at radius 1 is 0.413 bits per heavy atom. The van der Waals surface area contributed by atoms with Crippen LogP contribution in [0.1, 0.15) is 194 Å². The van der Waals surface area contributed by atoms with Gasteiger partial charge in [-0.05, 0) is 103 Å². The lowest BCUT2D eigenvalue weighted by Gasteiger charge is -2.26. The Morgan fingerprint density at radius 3 is 1.13 bits per heavy atom. The average Bonchev–Trinajstić information content (AvgIpc) is 3.38. The first-order chi connectivity index (χ1) is 36.6. The number of allylic oxidation sites excluding steroid dienone is 24. The van der Waals surface area contributed by atoms with Crippen molar-refractivity contribution in [1.82, 2.24) is 0 Å². The summed E-state index contributed by atoms with van der Waals surface area (Å²) in [6.07, 6.45) is 77.8. The van der Waals surface area contributed by atoms with Crippen molar-refractivity contribution in [3.63, 3.8) is 0 Å². The largest absolute Gasteiger partial charge is 0.545 e. The minimum absolute atomic E-state index is 0.136. The molecule has 0 heterocycles. The fourth-order valence-corrected chi connectivity index (χ4v) is 7.16. The Kier molecular flexibility index (Phi) is 51.8. The highest BCUT2D eigenvalue weighted by atomic mass is 16.7. The quantitative estimate of drug-likeness (QED) is 0.0195. The van der Waals surface area contributed by atoms with E-state index in [4.69, 9.17) is 18.9 Å². The number of likely N-dealkylation sites (N-methyl/N-ethyl adjacent to an activating group) is 1. The molecule has 422 valence electrons. The highest BCUT2D eigenvalue weighted by Gasteiger charge is 2.22. The summed E-state index contributed by atoms with van der Waals surface area (Å²) < 4.78 is 22.5. The van der Waals surface area contributed by atoms with Crippen LogP contribution < -0.4 is 5.11 Å². The first kappa shape index (κ1) is 70.2. The average molecular weight is 1040 g/mol. The molecule has 0 aromatic heterocycles. The Morgan fingerprint density at radius 2 is 0.760 bits per heavy atom. The zero-order chi connectivity index (χ0) is 54.8. The molecule has 0 aromatic rings. The molecule has 0 aromatic carbocycles. The van der Waals surface area contributed by atoms with Gasteiger partial charge in [0.25, 0.3) is 0 Å². The number of esters is 2. The van der Waals surface area contributed by atoms with E-state index in [1.807, 2.05) is 21.1 Å². The van der Waals surface area contributed by atoms with Crippen LogP contribution in [-0.4, -0.2) is 82.3 Å². The fourth-order valence-electron chi connectivity index (χ4n) is 7.16. The van der Waals surface area contributed by atoms with Gasteiger partial charge in [0.15, 0.2) is 12.4 Å². The molecule has 0 spiro atoms. The van der Waals surface area contributed by atoms with Gasteiger partial charge in [-0.15, -0.1) is 0 Å². The van der Waals surface area contributed by atoms with Crippen LogP contribution in [0.3, 0.4) is 0 Å². The number of rotatable bonds is 51. The summed E-state index contributed by atoms with van der Waals surface area (Å²) in [5.74, 6) is -2.34. The molecule has 0 saturated heterocycles. The van der Waals surface area contributed by atoms with E-state index >= 15 is 0 Å². The highest BCUT2D eigenvalue weighted by molar-refractivity contribution is 5.70. The maximum absolute atomic E-state index is 12.8. The maximum atomic E-state index is 12.8. The van der Waals surface area contributed by atoms with Gasteiger partial charge in [-0.1, -0.05) is 224 Å². The van der Waals surface area contributed by atoms with Crippen LogP contribution >= 0.6 is 0 Å². The molecule has 2 unspecified atom stereocenters. The highest BCUT2D eigenvalue weighted by Crippen LogP contribution is 2.13. The lowest BCUT2D eigenvalue weighted by molar-refractivity contribution is -0.870. The summed E-state index contributed by atoms with van der Waals surface area (Å²) in [5, 5.41) is 11.7. The number of nitrogens with zero attached hydrogens (tertiary/aromatic N) is 1. The smallest absolute Gasteiger partial charge is 0.306 e. The third kappa shape index (κ3) is 56.7. The van der Waals surface area contributed by atoms with Crippen LogP contribution in [0.2, 0.25) is 0 Å². The number of hydrogen-bond donors (Lipinski definition) is 0. The summed E-state index contributed by atoms with van der Waals surface area (Å²) in [7, 11) is 5.89. The van der Waals surface area contributed by atoms with Crippen molar-refractivity contribution < 1.29 is 42.9 Å². The molecule has 0 aliphatic carbocycles. The first-order valence-corrected chi connectivity index (χ1v) is 29.0. The molecular weight excluding hydrogens is 935 g/mol. The number of carboxylic acids is 1. The predicted molar refractivity (Wildman–Crippen MR) is 315 cm³/mol. The van der Waals surface area contributed by atoms with Crippen LogP contribution in [0.25, 0.3) is 0 Å². The van der Waals surface area contributed by atoms with Crippen LogP contribution in [0.15, 0.2) is 146 Å². The van der Waals surface area contributed by atoms with Gasteiger partial charge in [0.2, 0.25) is 0 Å². The maximum Gasteiger partial charge on any atom is 0.306 e. The Hall–Kier alpha value is -4.83. The number of hydrogen-bond acceptors (Lipinski definition) is 8. The van der Waals surface area contributed by atoms with E-state index in [1.54, 1.807) is 0 Å². The number of ether oxygens (including phenoxy) is 4. The van der Waals surface area contributed by atoms with E-state index in [-0.39, 0.29) is 38.6 Å². The molecule has 0 bridgehead atoms. The molecule has 0 rings (SSSR count). The molecule has 0 radical (unpaired) electrons. The number of carbonyl (C=O) groups excluding carboxylic acids is 3. The van der Waals surface area contributed by atoms with Crippen LogP contribution in [0.5, 0.6) is 0 Å². The number of unbranched alkanes of at least 4 members (excludes halogenated alkanes) is 12. The Balaban J connectivity index is 4.19. The van der Waals surface area contributed by atoms with Gasteiger partial charge in [-0.2, -0.15) is 0 Å². The van der Waals surface area contributed by atoms with E-state index in [0.29, 0.717) is 17.4 Å². The van der Waals surface area contributed by atoms with Crippen molar-refractivity contribution in [2.45, 2.75) is 206 Å². The molecule has 9 nitrogen and oxygen atoms in total. The molecule has 9 heteroatoms. The Labute approximate surface area is 458 Å². The zero-order valence-electron chi connectivity index (χ0n) is 47.9. The number of quaternary nitrogens is 1. The van der Waals surface area contributed by atoms with E-state index in [0.717, 1.165) is 122 Å². The van der Waals surface area contributed by atoms with Gasteiger partial charge in [-0.25, -0.2) is 0 Å². The summed E-state index contributed by atoms with van der Waals surface area (Å²) in [5.41, 5.74) is 0. The third-order valence-electron chi connectivity index (χ3n) is 11.6. The van der Waals surface area contributed by atoms with Gasteiger partial charge in [0.05, 0.1) is 40.3 Å². The third-order valence-corrected chi connectivity index (χ3v) is 11.6. The molecule has 0 amide bonds. The van der Waals surface area contributed by atoms with Gasteiger partial charge in [-0.3, -0.25) is 9.59 Å². The molecule has 0 aliphatic rings. The van der Waals surface area contributed by atoms with Crippen molar-refractivity contribution in [2.75, 3.05) is 47.5 Å². The normalized spacial score (nSPS) is 13.9. The van der Waals surface area contributed by atoms with Crippen molar-refractivity contribution >= 4 is 17.9 Å². The lowest BCUT2D eigenvalue weighted by Crippen LogP contribution is -2.44. The lowest BCUT2D eigenvalue weighted by atomic mass is 10.1. The second-order valence-electron chi connectivity index (χ2n) is 19.9. The van der Waals surface area contributed by atoms with Gasteiger partial charge in [0, 0.05) is 12.8 Å². The topological polar surface area (TPSA) is 111 Å².